The van der Waals surface area contributed by atoms with Gasteiger partial charge in [-0.3, -0.25) is 4.79 Å². The number of rotatable bonds is 1. The molecule has 0 radical (unpaired) electrons. The first-order chi connectivity index (χ1) is 7.34. The molecular formula is C13H20O2. The first-order valence-corrected chi connectivity index (χ1v) is 6.54. The number of fused-ring (bicyclic) bond motifs is 1. The van der Waals surface area contributed by atoms with Crippen LogP contribution in [0.1, 0.15) is 51.4 Å². The molecule has 0 unspecified atom stereocenters. The normalized spacial score (nSPS) is 41.6. The summed E-state index contributed by atoms with van der Waals surface area (Å²) in [6.45, 7) is 0. The van der Waals surface area contributed by atoms with E-state index in [0.29, 0.717) is 24.4 Å². The molecule has 1 heterocycles. The van der Waals surface area contributed by atoms with E-state index in [4.69, 9.17) is 4.74 Å². The van der Waals surface area contributed by atoms with E-state index in [1.807, 2.05) is 0 Å². The Morgan fingerprint density at radius 2 is 1.73 bits per heavy atom. The predicted octanol–water partition coefficient (Wildman–Crippen LogP) is 2.91. The predicted molar refractivity (Wildman–Crippen MR) is 57.3 cm³/mol. The monoisotopic (exact) mass is 208 g/mol. The molecule has 3 rings (SSSR count). The Balaban J connectivity index is 1.68. The van der Waals surface area contributed by atoms with Gasteiger partial charge in [0.2, 0.25) is 0 Å². The summed E-state index contributed by atoms with van der Waals surface area (Å²) in [5.41, 5.74) is 0. The maximum absolute atomic E-state index is 11.3. The largest absolute Gasteiger partial charge is 0.462 e. The highest BCUT2D eigenvalue weighted by molar-refractivity contribution is 5.72. The molecule has 0 spiro atoms. The lowest BCUT2D eigenvalue weighted by molar-refractivity contribution is -0.143. The third-order valence-corrected chi connectivity index (χ3v) is 4.71. The van der Waals surface area contributed by atoms with Crippen LogP contribution < -0.4 is 0 Å². The van der Waals surface area contributed by atoms with Gasteiger partial charge in [-0.05, 0) is 24.7 Å². The van der Waals surface area contributed by atoms with Gasteiger partial charge in [-0.25, -0.2) is 0 Å². The lowest BCUT2D eigenvalue weighted by Crippen LogP contribution is -2.27. The standard InChI is InChI=1S/C13H20O2/c14-12-8-10-6-7-11(13(10)15-12)9-4-2-1-3-5-9/h9-11,13H,1-8H2/t10-,11+,13+/m0/s1. The van der Waals surface area contributed by atoms with Crippen LogP contribution in [0.4, 0.5) is 0 Å². The van der Waals surface area contributed by atoms with E-state index in [2.05, 4.69) is 0 Å². The first-order valence-electron chi connectivity index (χ1n) is 6.54. The van der Waals surface area contributed by atoms with Crippen molar-refractivity contribution in [3.63, 3.8) is 0 Å². The fourth-order valence-corrected chi connectivity index (χ4v) is 3.97. The van der Waals surface area contributed by atoms with E-state index < -0.39 is 0 Å². The molecule has 0 aromatic rings. The average Bonchev–Trinajstić information content (AvgIpc) is 2.77. The molecule has 3 aliphatic rings. The lowest BCUT2D eigenvalue weighted by Gasteiger charge is -2.30. The summed E-state index contributed by atoms with van der Waals surface area (Å²) in [4.78, 5) is 11.3. The highest BCUT2D eigenvalue weighted by Gasteiger charge is 2.47. The molecule has 0 aromatic carbocycles. The van der Waals surface area contributed by atoms with Crippen LogP contribution in [-0.4, -0.2) is 12.1 Å². The minimum absolute atomic E-state index is 0.0607. The molecular weight excluding hydrogens is 188 g/mol. The minimum Gasteiger partial charge on any atom is -0.462 e. The lowest BCUT2D eigenvalue weighted by atomic mass is 9.78. The quantitative estimate of drug-likeness (QED) is 0.619. The number of ether oxygens (including phenoxy) is 1. The summed E-state index contributed by atoms with van der Waals surface area (Å²) in [5, 5.41) is 0. The van der Waals surface area contributed by atoms with Gasteiger partial charge in [-0.15, -0.1) is 0 Å². The molecule has 2 nitrogen and oxygen atoms in total. The van der Waals surface area contributed by atoms with E-state index in [-0.39, 0.29) is 5.97 Å². The van der Waals surface area contributed by atoms with Crippen molar-refractivity contribution >= 4 is 5.97 Å². The molecule has 0 aromatic heterocycles. The fraction of sp³-hybridized carbons (Fsp3) is 0.923. The Kier molecular flexibility index (Phi) is 2.45. The summed E-state index contributed by atoms with van der Waals surface area (Å²) in [6, 6.07) is 0. The van der Waals surface area contributed by atoms with Crippen LogP contribution in [0.5, 0.6) is 0 Å². The molecule has 3 atom stereocenters. The van der Waals surface area contributed by atoms with Crippen molar-refractivity contribution in [2.45, 2.75) is 57.5 Å². The maximum Gasteiger partial charge on any atom is 0.306 e. The SMILES string of the molecule is O=C1C[C@@H]2CC[C@H](C3CCCCC3)[C@@H]2O1. The number of esters is 1. The minimum atomic E-state index is 0.0607. The molecule has 0 N–H and O–H groups in total. The van der Waals surface area contributed by atoms with Gasteiger partial charge in [0, 0.05) is 5.92 Å². The Bertz CT molecular complexity index is 255. The summed E-state index contributed by atoms with van der Waals surface area (Å²) < 4.78 is 5.51. The molecule has 2 aliphatic carbocycles. The molecule has 0 amide bonds. The number of carbonyl (C=O) groups is 1. The average molecular weight is 208 g/mol. The van der Waals surface area contributed by atoms with Gasteiger partial charge in [0.25, 0.3) is 0 Å². The second-order valence-electron chi connectivity index (χ2n) is 5.56. The number of hydrogen-bond acceptors (Lipinski definition) is 2. The van der Waals surface area contributed by atoms with Crippen LogP contribution in [-0.2, 0) is 9.53 Å². The van der Waals surface area contributed by atoms with Gasteiger partial charge in [0.1, 0.15) is 6.10 Å². The highest BCUT2D eigenvalue weighted by atomic mass is 16.6. The Labute approximate surface area is 91.4 Å². The molecule has 2 saturated carbocycles. The van der Waals surface area contributed by atoms with Crippen molar-refractivity contribution < 1.29 is 9.53 Å². The van der Waals surface area contributed by atoms with Crippen LogP contribution in [0.15, 0.2) is 0 Å². The highest BCUT2D eigenvalue weighted by Crippen LogP contribution is 2.47. The third kappa shape index (κ3) is 1.68. The Morgan fingerprint density at radius 3 is 2.53 bits per heavy atom. The fourth-order valence-electron chi connectivity index (χ4n) is 3.97. The third-order valence-electron chi connectivity index (χ3n) is 4.71. The van der Waals surface area contributed by atoms with Crippen LogP contribution in [0.2, 0.25) is 0 Å². The van der Waals surface area contributed by atoms with Crippen molar-refractivity contribution in [3.8, 4) is 0 Å². The smallest absolute Gasteiger partial charge is 0.306 e. The Hall–Kier alpha value is -0.530. The molecule has 15 heavy (non-hydrogen) atoms. The second-order valence-corrected chi connectivity index (χ2v) is 5.56. The van der Waals surface area contributed by atoms with Crippen molar-refractivity contribution in [1.82, 2.24) is 0 Å². The zero-order chi connectivity index (χ0) is 10.3. The summed E-state index contributed by atoms with van der Waals surface area (Å²) in [7, 11) is 0. The van der Waals surface area contributed by atoms with Crippen molar-refractivity contribution in [2.75, 3.05) is 0 Å². The van der Waals surface area contributed by atoms with Gasteiger partial charge in [-0.1, -0.05) is 32.1 Å². The molecule has 1 aliphatic heterocycles. The molecule has 2 heteroatoms. The second kappa shape index (κ2) is 3.80. The van der Waals surface area contributed by atoms with Crippen molar-refractivity contribution in [1.29, 1.82) is 0 Å². The van der Waals surface area contributed by atoms with Crippen LogP contribution in [0.3, 0.4) is 0 Å². The van der Waals surface area contributed by atoms with Gasteiger partial charge in [-0.2, -0.15) is 0 Å². The van der Waals surface area contributed by atoms with Gasteiger partial charge in [0.05, 0.1) is 6.42 Å². The van der Waals surface area contributed by atoms with Gasteiger partial charge < -0.3 is 4.74 Å². The molecule has 3 fully saturated rings. The van der Waals surface area contributed by atoms with E-state index in [9.17, 15) is 4.79 Å². The summed E-state index contributed by atoms with van der Waals surface area (Å²) in [5.74, 6) is 2.20. The zero-order valence-corrected chi connectivity index (χ0v) is 9.28. The van der Waals surface area contributed by atoms with Crippen LogP contribution in [0, 0.1) is 17.8 Å². The molecule has 84 valence electrons. The van der Waals surface area contributed by atoms with Crippen molar-refractivity contribution in [3.05, 3.63) is 0 Å². The van der Waals surface area contributed by atoms with E-state index >= 15 is 0 Å². The molecule has 0 bridgehead atoms. The van der Waals surface area contributed by atoms with E-state index in [1.165, 1.54) is 44.9 Å². The summed E-state index contributed by atoms with van der Waals surface area (Å²) >= 11 is 0. The first kappa shape index (κ1) is 9.68. The summed E-state index contributed by atoms with van der Waals surface area (Å²) in [6.07, 6.45) is 10.5. The van der Waals surface area contributed by atoms with E-state index in [0.717, 1.165) is 5.92 Å². The zero-order valence-electron chi connectivity index (χ0n) is 9.28. The van der Waals surface area contributed by atoms with Crippen LogP contribution >= 0.6 is 0 Å². The topological polar surface area (TPSA) is 26.3 Å². The van der Waals surface area contributed by atoms with Gasteiger partial charge in [0.15, 0.2) is 0 Å². The molecule has 1 saturated heterocycles. The Morgan fingerprint density at radius 1 is 0.933 bits per heavy atom. The van der Waals surface area contributed by atoms with Crippen molar-refractivity contribution in [2.24, 2.45) is 17.8 Å². The maximum atomic E-state index is 11.3. The number of carbonyl (C=O) groups excluding carboxylic acids is 1. The van der Waals surface area contributed by atoms with E-state index in [1.54, 1.807) is 0 Å². The number of hydrogen-bond donors (Lipinski definition) is 0. The van der Waals surface area contributed by atoms with Gasteiger partial charge >= 0.3 is 5.97 Å². The van der Waals surface area contributed by atoms with Crippen LogP contribution in [0.25, 0.3) is 0 Å².